The molecule has 8 heteroatoms. The van der Waals surface area contributed by atoms with E-state index in [1.54, 1.807) is 6.92 Å². The number of hydrogen-bond donors (Lipinski definition) is 3. The zero-order chi connectivity index (χ0) is 22.8. The average Bonchev–Trinajstić information content (AvgIpc) is 3.38. The van der Waals surface area contributed by atoms with Crippen molar-refractivity contribution in [3.8, 4) is 0 Å². The molecular weight excluding hydrogens is 398 g/mol. The molecule has 6 atom stereocenters. The van der Waals surface area contributed by atoms with E-state index in [4.69, 9.17) is 4.74 Å². The Morgan fingerprint density at radius 3 is 2.45 bits per heavy atom. The number of rotatable bonds is 11. The van der Waals surface area contributed by atoms with Gasteiger partial charge in [0.2, 0.25) is 17.7 Å². The minimum Gasteiger partial charge on any atom is -0.394 e. The summed E-state index contributed by atoms with van der Waals surface area (Å²) >= 11 is 0. The molecule has 3 heterocycles. The maximum absolute atomic E-state index is 13.7. The van der Waals surface area contributed by atoms with Crippen molar-refractivity contribution in [1.29, 1.82) is 0 Å². The average molecular weight is 438 g/mol. The first kappa shape index (κ1) is 24.0. The van der Waals surface area contributed by atoms with Gasteiger partial charge in [-0.2, -0.15) is 0 Å². The predicted molar refractivity (Wildman–Crippen MR) is 116 cm³/mol. The van der Waals surface area contributed by atoms with Crippen molar-refractivity contribution in [3.05, 3.63) is 0 Å². The van der Waals surface area contributed by atoms with Crippen molar-refractivity contribution < 1.29 is 24.2 Å². The van der Waals surface area contributed by atoms with E-state index < -0.39 is 35.1 Å². The van der Waals surface area contributed by atoms with Crippen LogP contribution in [0.25, 0.3) is 0 Å². The normalized spacial score (nSPS) is 34.7. The molecule has 176 valence electrons. The summed E-state index contributed by atoms with van der Waals surface area (Å²) in [4.78, 5) is 41.8. The van der Waals surface area contributed by atoms with Gasteiger partial charge >= 0.3 is 0 Å². The molecule has 0 aromatic carbocycles. The van der Waals surface area contributed by atoms with Crippen molar-refractivity contribution in [3.63, 3.8) is 0 Å². The van der Waals surface area contributed by atoms with Crippen molar-refractivity contribution in [2.24, 2.45) is 11.8 Å². The summed E-state index contributed by atoms with van der Waals surface area (Å²) in [5.74, 6) is -1.96. The number of nitrogens with one attached hydrogen (secondary N) is 2. The molecule has 8 nitrogen and oxygen atoms in total. The molecule has 2 bridgehead atoms. The molecule has 0 aromatic heterocycles. The summed E-state index contributed by atoms with van der Waals surface area (Å²) < 4.78 is 6.63. The number of aliphatic hydroxyl groups is 1. The van der Waals surface area contributed by atoms with Crippen molar-refractivity contribution in [2.45, 2.75) is 95.9 Å². The standard InChI is InChI=1S/C23H39N3O5/c1-5-8-9-13-25-20(29)18-23-11-10-22(7-3,31-23)16(19(28)24-12-6-2)17(23)21(30)26(18)15(4)14-27/h15-18,27H,5-14H2,1-4H3,(H,24,28)(H,25,29)/t15-,16+,17+,18?,22-,23?/m1/s1. The smallest absolute Gasteiger partial charge is 0.245 e. The topological polar surface area (TPSA) is 108 Å². The first-order valence-electron chi connectivity index (χ1n) is 12.0. The first-order valence-corrected chi connectivity index (χ1v) is 12.0. The molecule has 31 heavy (non-hydrogen) atoms. The number of unbranched alkanes of at least 4 members (excludes halogenated alkanes) is 2. The maximum atomic E-state index is 13.7. The Morgan fingerprint density at radius 1 is 1.13 bits per heavy atom. The number of carbonyl (C=O) groups excluding carboxylic acids is 3. The van der Waals surface area contributed by atoms with Crippen molar-refractivity contribution >= 4 is 17.7 Å². The van der Waals surface area contributed by atoms with Gasteiger partial charge in [-0.3, -0.25) is 14.4 Å². The molecule has 0 saturated carbocycles. The van der Waals surface area contributed by atoms with Crippen molar-refractivity contribution in [1.82, 2.24) is 15.5 Å². The number of carbonyl (C=O) groups is 3. The SMILES string of the molecule is CCCCCNC(=O)C1N([C@H](C)CO)C(=O)[C@@H]2[C@@H](C(=O)NCCC)[C@@]3(CC)CCC12O3. The highest BCUT2D eigenvalue weighted by Gasteiger charge is 2.78. The molecule has 3 aliphatic rings. The van der Waals surface area contributed by atoms with Gasteiger partial charge in [0, 0.05) is 13.1 Å². The van der Waals surface area contributed by atoms with E-state index in [-0.39, 0.29) is 24.3 Å². The summed E-state index contributed by atoms with van der Waals surface area (Å²) in [5.41, 5.74) is -1.73. The molecule has 0 radical (unpaired) electrons. The molecule has 1 spiro atoms. The Labute approximate surface area is 185 Å². The Balaban J connectivity index is 1.97. The van der Waals surface area contributed by atoms with Crippen LogP contribution in [0.3, 0.4) is 0 Å². The van der Waals surface area contributed by atoms with Gasteiger partial charge in [-0.15, -0.1) is 0 Å². The molecule has 3 aliphatic heterocycles. The van der Waals surface area contributed by atoms with E-state index in [0.717, 1.165) is 25.7 Å². The minimum absolute atomic E-state index is 0.163. The summed E-state index contributed by atoms with van der Waals surface area (Å²) in [5, 5.41) is 15.8. The predicted octanol–water partition coefficient (Wildman–Crippen LogP) is 1.35. The van der Waals surface area contributed by atoms with E-state index in [0.29, 0.717) is 32.4 Å². The molecule has 3 fully saturated rings. The lowest BCUT2D eigenvalue weighted by Gasteiger charge is -2.36. The molecular formula is C23H39N3O5. The molecule has 0 aromatic rings. The second-order valence-corrected chi connectivity index (χ2v) is 9.40. The zero-order valence-corrected chi connectivity index (χ0v) is 19.4. The van der Waals surface area contributed by atoms with Gasteiger partial charge < -0.3 is 25.4 Å². The highest BCUT2D eigenvalue weighted by molar-refractivity contribution is 5.99. The Hall–Kier alpha value is -1.67. The summed E-state index contributed by atoms with van der Waals surface area (Å²) in [6, 6.07) is -1.36. The van der Waals surface area contributed by atoms with E-state index in [9.17, 15) is 19.5 Å². The van der Waals surface area contributed by atoms with Crippen LogP contribution in [-0.4, -0.2) is 70.7 Å². The third-order valence-electron chi connectivity index (χ3n) is 7.52. The van der Waals surface area contributed by atoms with Gasteiger partial charge in [-0.25, -0.2) is 0 Å². The summed E-state index contributed by atoms with van der Waals surface area (Å²) in [7, 11) is 0. The highest BCUT2D eigenvalue weighted by Crippen LogP contribution is 2.64. The van der Waals surface area contributed by atoms with Crippen LogP contribution in [0.2, 0.25) is 0 Å². The third-order valence-corrected chi connectivity index (χ3v) is 7.52. The van der Waals surface area contributed by atoms with Gasteiger partial charge in [0.1, 0.15) is 11.6 Å². The molecule has 0 aliphatic carbocycles. The molecule has 3 N–H and O–H groups in total. The first-order chi connectivity index (χ1) is 14.8. The lowest BCUT2D eigenvalue weighted by molar-refractivity contribution is -0.150. The number of amides is 3. The number of hydrogen-bond acceptors (Lipinski definition) is 5. The van der Waals surface area contributed by atoms with Gasteiger partial charge in [0.05, 0.1) is 30.1 Å². The number of ether oxygens (including phenoxy) is 1. The second kappa shape index (κ2) is 9.45. The fourth-order valence-electron chi connectivity index (χ4n) is 5.96. The third kappa shape index (κ3) is 3.75. The van der Waals surface area contributed by atoms with Gasteiger partial charge in [-0.1, -0.05) is 33.6 Å². The van der Waals surface area contributed by atoms with Crippen LogP contribution >= 0.6 is 0 Å². The fourth-order valence-corrected chi connectivity index (χ4v) is 5.96. The van der Waals surface area contributed by atoms with E-state index in [2.05, 4.69) is 17.6 Å². The van der Waals surface area contributed by atoms with Crippen LogP contribution < -0.4 is 10.6 Å². The largest absolute Gasteiger partial charge is 0.394 e. The summed E-state index contributed by atoms with van der Waals surface area (Å²) in [6.45, 7) is 8.64. The van der Waals surface area contributed by atoms with Crippen LogP contribution in [0.15, 0.2) is 0 Å². The minimum atomic E-state index is -1.01. The van der Waals surface area contributed by atoms with Crippen LogP contribution in [0, 0.1) is 11.8 Å². The Bertz CT molecular complexity index is 701. The fraction of sp³-hybridized carbons (Fsp3) is 0.870. The molecule has 3 amide bonds. The zero-order valence-electron chi connectivity index (χ0n) is 19.4. The number of nitrogens with zero attached hydrogens (tertiary/aromatic N) is 1. The lowest BCUT2D eigenvalue weighted by atomic mass is 9.65. The second-order valence-electron chi connectivity index (χ2n) is 9.40. The number of likely N-dealkylation sites (tertiary alicyclic amines) is 1. The molecule has 3 rings (SSSR count). The monoisotopic (exact) mass is 437 g/mol. The van der Waals surface area contributed by atoms with E-state index >= 15 is 0 Å². The number of fused-ring (bicyclic) bond motifs is 1. The van der Waals surface area contributed by atoms with Crippen LogP contribution in [-0.2, 0) is 19.1 Å². The van der Waals surface area contributed by atoms with Crippen molar-refractivity contribution in [2.75, 3.05) is 19.7 Å². The Morgan fingerprint density at radius 2 is 1.84 bits per heavy atom. The van der Waals surface area contributed by atoms with Crippen LogP contribution in [0.1, 0.15) is 72.6 Å². The maximum Gasteiger partial charge on any atom is 0.245 e. The van der Waals surface area contributed by atoms with Crippen LogP contribution in [0.5, 0.6) is 0 Å². The highest BCUT2D eigenvalue weighted by atomic mass is 16.5. The lowest BCUT2D eigenvalue weighted by Crippen LogP contribution is -2.57. The van der Waals surface area contributed by atoms with E-state index in [1.165, 1.54) is 4.90 Å². The van der Waals surface area contributed by atoms with Gasteiger partial charge in [0.25, 0.3) is 0 Å². The Kier molecular flexibility index (Phi) is 7.31. The quantitative estimate of drug-likeness (QED) is 0.423. The van der Waals surface area contributed by atoms with Gasteiger partial charge in [0.15, 0.2) is 0 Å². The number of aliphatic hydroxyl groups excluding tert-OH is 1. The van der Waals surface area contributed by atoms with Gasteiger partial charge in [-0.05, 0) is 39.0 Å². The molecule has 3 saturated heterocycles. The molecule has 2 unspecified atom stereocenters. The summed E-state index contributed by atoms with van der Waals surface area (Å²) in [6.07, 6.45) is 5.57. The van der Waals surface area contributed by atoms with Crippen LogP contribution in [0.4, 0.5) is 0 Å². The van der Waals surface area contributed by atoms with E-state index in [1.807, 2.05) is 13.8 Å².